The first-order chi connectivity index (χ1) is 15.8. The van der Waals surface area contributed by atoms with Crippen molar-refractivity contribution in [1.29, 1.82) is 0 Å². The molecule has 0 saturated carbocycles. The lowest BCUT2D eigenvalue weighted by Crippen LogP contribution is -2.50. The number of likely N-dealkylation sites (N-methyl/N-ethyl adjacent to an activating group) is 1. The number of alkyl halides is 3. The second kappa shape index (κ2) is 8.66. The average Bonchev–Trinajstić information content (AvgIpc) is 3.12. The largest absolute Gasteiger partial charge is 0.417 e. The van der Waals surface area contributed by atoms with Gasteiger partial charge in [-0.25, -0.2) is 13.4 Å². The summed E-state index contributed by atoms with van der Waals surface area (Å²) in [5.41, 5.74) is 15.2. The van der Waals surface area contributed by atoms with Crippen molar-refractivity contribution in [3.05, 3.63) is 52.5 Å². The smallest absolute Gasteiger partial charge is 0.369 e. The van der Waals surface area contributed by atoms with Crippen LogP contribution in [0.2, 0.25) is 5.02 Å². The number of aliphatic imine (C=N–C) groups is 1. The molecule has 0 amide bonds. The predicted molar refractivity (Wildman–Crippen MR) is 122 cm³/mol. The number of hydrogen-bond donors (Lipinski definition) is 4. The Morgan fingerprint density at radius 1 is 1.12 bits per heavy atom. The molecule has 0 aromatic heterocycles. The van der Waals surface area contributed by atoms with Crippen molar-refractivity contribution in [3.8, 4) is 11.1 Å². The van der Waals surface area contributed by atoms with E-state index in [2.05, 4.69) is 15.8 Å². The number of benzene rings is 2. The van der Waals surface area contributed by atoms with Crippen LogP contribution in [0.4, 0.5) is 13.2 Å². The van der Waals surface area contributed by atoms with E-state index < -0.39 is 27.5 Å². The zero-order valence-electron chi connectivity index (χ0n) is 18.0. The molecule has 4 rings (SSSR count). The van der Waals surface area contributed by atoms with Crippen LogP contribution >= 0.6 is 11.6 Å². The first kappa shape index (κ1) is 24.7. The van der Waals surface area contributed by atoms with E-state index in [0.717, 1.165) is 6.07 Å². The molecule has 1 atom stereocenters. The van der Waals surface area contributed by atoms with Crippen molar-refractivity contribution >= 4 is 27.6 Å². The van der Waals surface area contributed by atoms with Crippen LogP contribution in [-0.2, 0) is 22.0 Å². The van der Waals surface area contributed by atoms with Crippen LogP contribution in [0.15, 0.2) is 46.3 Å². The lowest BCUT2D eigenvalue weighted by atomic mass is 9.95. The van der Waals surface area contributed by atoms with E-state index >= 15 is 0 Å². The molecule has 1 fully saturated rings. The van der Waals surface area contributed by atoms with Gasteiger partial charge in [0.05, 0.1) is 10.5 Å². The molecule has 2 aromatic rings. The molecule has 2 aliphatic heterocycles. The fourth-order valence-corrected chi connectivity index (χ4v) is 5.61. The number of nitrogens with two attached hydrogens (primary N) is 2. The van der Waals surface area contributed by atoms with Crippen LogP contribution < -0.4 is 22.3 Å². The Hall–Kier alpha value is -2.42. The normalized spacial score (nSPS) is 22.5. The van der Waals surface area contributed by atoms with E-state index in [1.807, 2.05) is 11.9 Å². The molecule has 0 bridgehead atoms. The molecule has 6 N–H and O–H groups in total. The fraction of sp³-hybridized carbons (Fsp3) is 0.350. The van der Waals surface area contributed by atoms with Crippen molar-refractivity contribution in [1.82, 2.24) is 20.1 Å². The SMILES string of the molecule is CN1CCN(S(=O)(=O)c2ccc(-c3c(Cl)cc(C4(N)N=C(N)NN4)cc3C(F)(F)F)cc2)CC1. The Balaban J connectivity index is 1.73. The van der Waals surface area contributed by atoms with E-state index in [-0.39, 0.29) is 32.6 Å². The van der Waals surface area contributed by atoms with Crippen LogP contribution in [0, 0.1) is 0 Å². The van der Waals surface area contributed by atoms with Gasteiger partial charge < -0.3 is 10.6 Å². The van der Waals surface area contributed by atoms with E-state index in [9.17, 15) is 21.6 Å². The quantitative estimate of drug-likeness (QED) is 0.483. The maximum absolute atomic E-state index is 14.0. The van der Waals surface area contributed by atoms with Gasteiger partial charge in [0.25, 0.3) is 0 Å². The third-order valence-corrected chi connectivity index (χ3v) is 7.97. The minimum Gasteiger partial charge on any atom is -0.369 e. The monoisotopic (exact) mass is 517 g/mol. The first-order valence-corrected chi connectivity index (χ1v) is 12.0. The Morgan fingerprint density at radius 3 is 2.26 bits per heavy atom. The minimum atomic E-state index is -4.78. The van der Waals surface area contributed by atoms with Crippen molar-refractivity contribution in [2.24, 2.45) is 16.5 Å². The average molecular weight is 518 g/mol. The highest BCUT2D eigenvalue weighted by molar-refractivity contribution is 7.89. The number of halogens is 4. The van der Waals surface area contributed by atoms with Gasteiger partial charge in [0.15, 0.2) is 0 Å². The molecule has 0 radical (unpaired) electrons. The van der Waals surface area contributed by atoms with E-state index in [1.165, 1.54) is 34.6 Å². The van der Waals surface area contributed by atoms with Crippen LogP contribution in [-0.4, -0.2) is 56.8 Å². The van der Waals surface area contributed by atoms with E-state index in [0.29, 0.717) is 26.2 Å². The van der Waals surface area contributed by atoms with Crippen LogP contribution in [0.1, 0.15) is 11.1 Å². The maximum atomic E-state index is 14.0. The van der Waals surface area contributed by atoms with Gasteiger partial charge in [-0.2, -0.15) is 22.9 Å². The molecular weight excluding hydrogens is 495 g/mol. The summed E-state index contributed by atoms with van der Waals surface area (Å²) in [6.45, 7) is 1.86. The summed E-state index contributed by atoms with van der Waals surface area (Å²) in [6, 6.07) is 7.28. The fourth-order valence-electron chi connectivity index (χ4n) is 3.86. The highest BCUT2D eigenvalue weighted by Gasteiger charge is 2.39. The molecule has 34 heavy (non-hydrogen) atoms. The zero-order valence-corrected chi connectivity index (χ0v) is 19.6. The molecule has 0 spiro atoms. The number of nitrogens with zero attached hydrogens (tertiary/aromatic N) is 3. The van der Waals surface area contributed by atoms with Gasteiger partial charge in [0.1, 0.15) is 0 Å². The molecule has 0 aliphatic carbocycles. The van der Waals surface area contributed by atoms with Crippen molar-refractivity contribution < 1.29 is 21.6 Å². The third-order valence-electron chi connectivity index (χ3n) is 5.76. The van der Waals surface area contributed by atoms with Crippen molar-refractivity contribution in [3.63, 3.8) is 0 Å². The number of nitrogens with one attached hydrogen (secondary N) is 2. The van der Waals surface area contributed by atoms with Crippen LogP contribution in [0.3, 0.4) is 0 Å². The lowest BCUT2D eigenvalue weighted by Gasteiger charge is -2.31. The molecule has 2 aromatic carbocycles. The van der Waals surface area contributed by atoms with Gasteiger partial charge in [-0.1, -0.05) is 23.7 Å². The Morgan fingerprint density at radius 2 is 1.74 bits per heavy atom. The number of guanidine groups is 1. The van der Waals surface area contributed by atoms with Gasteiger partial charge in [-0.05, 0) is 36.9 Å². The van der Waals surface area contributed by atoms with Gasteiger partial charge in [0, 0.05) is 42.3 Å². The summed E-state index contributed by atoms with van der Waals surface area (Å²) in [5, 5.41) is -0.230. The molecule has 2 heterocycles. The highest BCUT2D eigenvalue weighted by atomic mass is 35.5. The number of piperazine rings is 1. The molecule has 1 saturated heterocycles. The van der Waals surface area contributed by atoms with Gasteiger partial charge in [-0.3, -0.25) is 11.2 Å². The maximum Gasteiger partial charge on any atom is 0.417 e. The Kier molecular flexibility index (Phi) is 6.29. The number of hydrogen-bond acceptors (Lipinski definition) is 8. The summed E-state index contributed by atoms with van der Waals surface area (Å²) in [5.74, 6) is -1.83. The first-order valence-electron chi connectivity index (χ1n) is 10.2. The topological polar surface area (TPSA) is 129 Å². The number of hydrazine groups is 1. The number of rotatable bonds is 4. The minimum absolute atomic E-state index is 0.00550. The van der Waals surface area contributed by atoms with Gasteiger partial charge in [-0.15, -0.1) is 0 Å². The molecular formula is C20H23ClF3N7O2S. The zero-order chi connectivity index (χ0) is 24.9. The molecule has 184 valence electrons. The van der Waals surface area contributed by atoms with Crippen LogP contribution in [0.5, 0.6) is 0 Å². The lowest BCUT2D eigenvalue weighted by molar-refractivity contribution is -0.137. The van der Waals surface area contributed by atoms with E-state index in [4.69, 9.17) is 23.1 Å². The standard InChI is InChI=1S/C20H23ClF3N7O2S/c1-30-6-8-31(9-7-30)34(32,33)14-4-2-12(3-5-14)17-15(19(22,23)24)10-13(11-16(17)21)20(26)27-18(25)28-29-20/h2-5,10-11,29H,6-9,26H2,1H3,(H3,25,27,28). The second-order valence-electron chi connectivity index (χ2n) is 8.12. The molecule has 14 heteroatoms. The summed E-state index contributed by atoms with van der Waals surface area (Å²) in [7, 11) is -1.87. The summed E-state index contributed by atoms with van der Waals surface area (Å²) < 4.78 is 69.3. The highest BCUT2D eigenvalue weighted by Crippen LogP contribution is 2.43. The van der Waals surface area contributed by atoms with Crippen molar-refractivity contribution in [2.45, 2.75) is 16.9 Å². The third kappa shape index (κ3) is 4.59. The summed E-state index contributed by atoms with van der Waals surface area (Å²) in [6.07, 6.45) is -4.78. The molecule has 2 aliphatic rings. The van der Waals surface area contributed by atoms with Gasteiger partial charge >= 0.3 is 6.18 Å². The van der Waals surface area contributed by atoms with Gasteiger partial charge in [0.2, 0.25) is 21.8 Å². The Labute approximate surface area is 199 Å². The molecule has 9 nitrogen and oxygen atoms in total. The second-order valence-corrected chi connectivity index (χ2v) is 10.5. The number of sulfonamides is 1. The Bertz CT molecular complexity index is 1230. The molecule has 1 unspecified atom stereocenters. The van der Waals surface area contributed by atoms with E-state index in [1.54, 1.807) is 0 Å². The van der Waals surface area contributed by atoms with Crippen LogP contribution in [0.25, 0.3) is 11.1 Å². The summed E-state index contributed by atoms with van der Waals surface area (Å²) in [4.78, 5) is 5.90. The summed E-state index contributed by atoms with van der Waals surface area (Å²) >= 11 is 6.30. The predicted octanol–water partition coefficient (Wildman–Crippen LogP) is 1.45. The van der Waals surface area contributed by atoms with Crippen molar-refractivity contribution in [2.75, 3.05) is 33.2 Å².